The summed E-state index contributed by atoms with van der Waals surface area (Å²) in [4.78, 5) is 10.9. The summed E-state index contributed by atoms with van der Waals surface area (Å²) >= 11 is 0. The standard InChI is InChI=1S/C15H17FN2O2/c1-3-4-5-18-9-11(8-17-18)12-7-14(16)13(15(19)20)6-10(12)2/h6-9H,3-5H2,1-2H3,(H,19,20). The van der Waals surface area contributed by atoms with Gasteiger partial charge in [-0.05, 0) is 36.6 Å². The zero-order valence-electron chi connectivity index (χ0n) is 11.6. The maximum Gasteiger partial charge on any atom is 0.338 e. The van der Waals surface area contributed by atoms with Crippen LogP contribution in [0.5, 0.6) is 0 Å². The van der Waals surface area contributed by atoms with Gasteiger partial charge in [0.15, 0.2) is 0 Å². The molecule has 0 unspecified atom stereocenters. The number of hydrogen-bond acceptors (Lipinski definition) is 2. The maximum absolute atomic E-state index is 13.8. The smallest absolute Gasteiger partial charge is 0.338 e. The second kappa shape index (κ2) is 5.86. The fraction of sp³-hybridized carbons (Fsp3) is 0.333. The average molecular weight is 276 g/mol. The molecule has 0 fully saturated rings. The van der Waals surface area contributed by atoms with Gasteiger partial charge in [-0.25, -0.2) is 9.18 Å². The minimum Gasteiger partial charge on any atom is -0.478 e. The molecular weight excluding hydrogens is 259 g/mol. The molecule has 1 heterocycles. The lowest BCUT2D eigenvalue weighted by atomic mass is 10.0. The number of rotatable bonds is 5. The van der Waals surface area contributed by atoms with E-state index >= 15 is 0 Å². The molecule has 1 aromatic carbocycles. The van der Waals surface area contributed by atoms with Crippen LogP contribution in [0.4, 0.5) is 4.39 Å². The summed E-state index contributed by atoms with van der Waals surface area (Å²) in [5.41, 5.74) is 1.90. The van der Waals surface area contributed by atoms with Crippen LogP contribution in [0.2, 0.25) is 0 Å². The number of hydrogen-bond donors (Lipinski definition) is 1. The quantitative estimate of drug-likeness (QED) is 0.909. The average Bonchev–Trinajstić information content (AvgIpc) is 2.86. The van der Waals surface area contributed by atoms with E-state index in [0.717, 1.165) is 30.5 Å². The summed E-state index contributed by atoms with van der Waals surface area (Å²) in [6.07, 6.45) is 5.65. The highest BCUT2D eigenvalue weighted by molar-refractivity contribution is 5.89. The van der Waals surface area contributed by atoms with E-state index in [9.17, 15) is 9.18 Å². The van der Waals surface area contributed by atoms with Gasteiger partial charge in [-0.2, -0.15) is 5.10 Å². The van der Waals surface area contributed by atoms with E-state index in [1.807, 2.05) is 10.9 Å². The molecule has 1 N–H and O–H groups in total. The molecule has 0 bridgehead atoms. The van der Waals surface area contributed by atoms with Crippen molar-refractivity contribution in [3.8, 4) is 11.1 Å². The maximum atomic E-state index is 13.8. The molecule has 0 atom stereocenters. The molecule has 0 spiro atoms. The molecule has 0 aliphatic heterocycles. The number of carbonyl (C=O) groups is 1. The fourth-order valence-electron chi connectivity index (χ4n) is 2.10. The number of unbranched alkanes of at least 4 members (excludes halogenated alkanes) is 1. The van der Waals surface area contributed by atoms with Crippen molar-refractivity contribution in [3.05, 3.63) is 41.5 Å². The van der Waals surface area contributed by atoms with Gasteiger partial charge < -0.3 is 5.11 Å². The van der Waals surface area contributed by atoms with E-state index in [0.29, 0.717) is 5.56 Å². The SMILES string of the molecule is CCCCn1cc(-c2cc(F)c(C(=O)O)cc2C)cn1. The Morgan fingerprint density at radius 1 is 1.45 bits per heavy atom. The normalized spacial score (nSPS) is 10.8. The molecular formula is C15H17FN2O2. The van der Waals surface area contributed by atoms with Gasteiger partial charge in [0.25, 0.3) is 0 Å². The Morgan fingerprint density at radius 2 is 2.20 bits per heavy atom. The molecule has 0 saturated heterocycles. The van der Waals surface area contributed by atoms with E-state index < -0.39 is 11.8 Å². The van der Waals surface area contributed by atoms with Gasteiger partial charge in [0.1, 0.15) is 5.82 Å². The number of aryl methyl sites for hydroxylation is 2. The number of benzene rings is 1. The van der Waals surface area contributed by atoms with E-state index in [2.05, 4.69) is 12.0 Å². The second-order valence-electron chi connectivity index (χ2n) is 4.80. The third-order valence-corrected chi connectivity index (χ3v) is 3.23. The number of carboxylic acid groups (broad SMARTS) is 1. The summed E-state index contributed by atoms with van der Waals surface area (Å²) < 4.78 is 15.6. The zero-order chi connectivity index (χ0) is 14.7. The highest BCUT2D eigenvalue weighted by Gasteiger charge is 2.14. The van der Waals surface area contributed by atoms with Crippen molar-refractivity contribution in [2.45, 2.75) is 33.2 Å². The molecule has 0 amide bonds. The van der Waals surface area contributed by atoms with Gasteiger partial charge >= 0.3 is 5.97 Å². The summed E-state index contributed by atoms with van der Waals surface area (Å²) in [6, 6.07) is 2.62. The number of halogens is 1. The number of aromatic nitrogens is 2. The van der Waals surface area contributed by atoms with Gasteiger partial charge in [-0.3, -0.25) is 4.68 Å². The van der Waals surface area contributed by atoms with Crippen LogP contribution in [-0.4, -0.2) is 20.9 Å². The lowest BCUT2D eigenvalue weighted by molar-refractivity contribution is 0.0692. The van der Waals surface area contributed by atoms with E-state index in [1.54, 1.807) is 13.1 Å². The van der Waals surface area contributed by atoms with E-state index in [1.165, 1.54) is 12.1 Å². The highest BCUT2D eigenvalue weighted by atomic mass is 19.1. The predicted molar refractivity (Wildman–Crippen MR) is 74.2 cm³/mol. The Morgan fingerprint density at radius 3 is 2.85 bits per heavy atom. The molecule has 106 valence electrons. The first kappa shape index (κ1) is 14.2. The first-order valence-electron chi connectivity index (χ1n) is 6.59. The summed E-state index contributed by atoms with van der Waals surface area (Å²) in [6.45, 7) is 4.70. The predicted octanol–water partition coefficient (Wildman–Crippen LogP) is 3.50. The van der Waals surface area contributed by atoms with Crippen LogP contribution >= 0.6 is 0 Å². The molecule has 20 heavy (non-hydrogen) atoms. The van der Waals surface area contributed by atoms with E-state index in [4.69, 9.17) is 5.11 Å². The monoisotopic (exact) mass is 276 g/mol. The largest absolute Gasteiger partial charge is 0.478 e. The molecule has 2 aromatic rings. The first-order valence-corrected chi connectivity index (χ1v) is 6.59. The fourth-order valence-corrected chi connectivity index (χ4v) is 2.10. The van der Waals surface area contributed by atoms with Crippen molar-refractivity contribution in [2.75, 3.05) is 0 Å². The molecule has 1 aromatic heterocycles. The Kier molecular flexibility index (Phi) is 4.17. The Bertz CT molecular complexity index is 635. The molecule has 0 saturated carbocycles. The summed E-state index contributed by atoms with van der Waals surface area (Å²) in [5, 5.41) is 13.1. The van der Waals surface area contributed by atoms with Crippen LogP contribution in [0.25, 0.3) is 11.1 Å². The van der Waals surface area contributed by atoms with Crippen LogP contribution in [0.3, 0.4) is 0 Å². The molecule has 4 nitrogen and oxygen atoms in total. The van der Waals surface area contributed by atoms with Crippen molar-refractivity contribution >= 4 is 5.97 Å². The first-order chi connectivity index (χ1) is 9.52. The number of carboxylic acids is 1. The van der Waals surface area contributed by atoms with Gasteiger partial charge in [-0.1, -0.05) is 13.3 Å². The van der Waals surface area contributed by atoms with Crippen LogP contribution < -0.4 is 0 Å². The topological polar surface area (TPSA) is 55.1 Å². The second-order valence-corrected chi connectivity index (χ2v) is 4.80. The third kappa shape index (κ3) is 2.87. The van der Waals surface area contributed by atoms with Crippen molar-refractivity contribution in [2.24, 2.45) is 0 Å². The summed E-state index contributed by atoms with van der Waals surface area (Å²) in [5.74, 6) is -1.98. The zero-order valence-corrected chi connectivity index (χ0v) is 11.6. The number of aromatic carboxylic acids is 1. The van der Waals surface area contributed by atoms with Crippen LogP contribution in [0.1, 0.15) is 35.7 Å². The lowest BCUT2D eigenvalue weighted by Crippen LogP contribution is -2.02. The minimum absolute atomic E-state index is 0.301. The van der Waals surface area contributed by atoms with Gasteiger partial charge in [0, 0.05) is 18.3 Å². The number of nitrogens with zero attached hydrogens (tertiary/aromatic N) is 2. The molecule has 0 radical (unpaired) electrons. The Labute approximate surface area is 116 Å². The minimum atomic E-state index is -1.25. The van der Waals surface area contributed by atoms with Crippen molar-refractivity contribution in [3.63, 3.8) is 0 Å². The third-order valence-electron chi connectivity index (χ3n) is 3.23. The van der Waals surface area contributed by atoms with Crippen molar-refractivity contribution in [1.29, 1.82) is 0 Å². The molecule has 2 rings (SSSR count). The van der Waals surface area contributed by atoms with Crippen LogP contribution in [-0.2, 0) is 6.54 Å². The molecule has 5 heteroatoms. The van der Waals surface area contributed by atoms with Crippen LogP contribution in [0.15, 0.2) is 24.5 Å². The lowest BCUT2D eigenvalue weighted by Gasteiger charge is -2.06. The van der Waals surface area contributed by atoms with Gasteiger partial charge in [0.05, 0.1) is 11.8 Å². The molecule has 0 aliphatic rings. The highest BCUT2D eigenvalue weighted by Crippen LogP contribution is 2.26. The van der Waals surface area contributed by atoms with E-state index in [-0.39, 0.29) is 5.56 Å². The summed E-state index contributed by atoms with van der Waals surface area (Å²) in [7, 11) is 0. The van der Waals surface area contributed by atoms with Gasteiger partial charge in [0.2, 0.25) is 0 Å². The van der Waals surface area contributed by atoms with Crippen molar-refractivity contribution < 1.29 is 14.3 Å². The Hall–Kier alpha value is -2.17. The Balaban J connectivity index is 2.35. The van der Waals surface area contributed by atoms with Crippen LogP contribution in [0, 0.1) is 12.7 Å². The van der Waals surface area contributed by atoms with Crippen molar-refractivity contribution in [1.82, 2.24) is 9.78 Å². The molecule has 0 aliphatic carbocycles. The van der Waals surface area contributed by atoms with Gasteiger partial charge in [-0.15, -0.1) is 0 Å².